The van der Waals surface area contributed by atoms with Gasteiger partial charge in [-0.05, 0) is 25.8 Å². The van der Waals surface area contributed by atoms with Crippen LogP contribution in [0.5, 0.6) is 11.5 Å². The molecular weight excluding hydrogens is 254 g/mol. The van der Waals surface area contributed by atoms with Gasteiger partial charge in [-0.25, -0.2) is 0 Å². The Morgan fingerprint density at radius 2 is 2.30 bits per heavy atom. The highest BCUT2D eigenvalue weighted by Crippen LogP contribution is 2.25. The summed E-state index contributed by atoms with van der Waals surface area (Å²) in [5.74, 6) is 1.05. The third-order valence-electron chi connectivity index (χ3n) is 3.46. The van der Waals surface area contributed by atoms with Crippen molar-refractivity contribution < 1.29 is 14.6 Å². The molecule has 1 aromatic carbocycles. The normalized spacial score (nSPS) is 20.6. The predicted octanol–water partition coefficient (Wildman–Crippen LogP) is 2.79. The van der Waals surface area contributed by atoms with Crippen LogP contribution in [-0.4, -0.2) is 42.4 Å². The topological polar surface area (TPSA) is 41.9 Å². The highest BCUT2D eigenvalue weighted by atomic mass is 16.5. The van der Waals surface area contributed by atoms with Crippen LogP contribution >= 0.6 is 0 Å². The van der Waals surface area contributed by atoms with Gasteiger partial charge in [-0.15, -0.1) is 0 Å². The van der Waals surface area contributed by atoms with Gasteiger partial charge in [0.1, 0.15) is 11.5 Å². The molecule has 0 aromatic heterocycles. The Labute approximate surface area is 121 Å². The Kier molecular flexibility index (Phi) is 5.68. The maximum atomic E-state index is 10.1. The first-order chi connectivity index (χ1) is 9.69. The van der Waals surface area contributed by atoms with Crippen molar-refractivity contribution in [3.8, 4) is 11.5 Å². The van der Waals surface area contributed by atoms with Gasteiger partial charge < -0.3 is 14.6 Å². The predicted molar refractivity (Wildman–Crippen MR) is 79.2 cm³/mol. The minimum Gasteiger partial charge on any atom is -0.507 e. The number of phenolic OH excluding ortho intramolecular Hbond substituents is 1. The van der Waals surface area contributed by atoms with Crippen LogP contribution < -0.4 is 4.74 Å². The molecule has 0 spiro atoms. The molecule has 1 aliphatic heterocycles. The second-order valence-electron chi connectivity index (χ2n) is 5.41. The molecular formula is C16H25NO3. The Hall–Kier alpha value is -1.26. The third kappa shape index (κ3) is 4.39. The van der Waals surface area contributed by atoms with Crippen LogP contribution in [0.15, 0.2) is 18.2 Å². The lowest BCUT2D eigenvalue weighted by Gasteiger charge is -2.22. The summed E-state index contributed by atoms with van der Waals surface area (Å²) in [5, 5.41) is 10.1. The molecule has 0 aliphatic carbocycles. The molecule has 2 rings (SSSR count). The van der Waals surface area contributed by atoms with E-state index in [4.69, 9.17) is 9.47 Å². The van der Waals surface area contributed by atoms with Gasteiger partial charge in [0.05, 0.1) is 12.7 Å². The van der Waals surface area contributed by atoms with E-state index < -0.39 is 0 Å². The minimum absolute atomic E-state index is 0.256. The van der Waals surface area contributed by atoms with Gasteiger partial charge in [0.15, 0.2) is 0 Å². The largest absolute Gasteiger partial charge is 0.507 e. The van der Waals surface area contributed by atoms with Crippen molar-refractivity contribution in [1.82, 2.24) is 4.90 Å². The number of nitrogens with zero attached hydrogens (tertiary/aromatic N) is 1. The summed E-state index contributed by atoms with van der Waals surface area (Å²) >= 11 is 0. The van der Waals surface area contributed by atoms with Crippen molar-refractivity contribution in [2.75, 3.05) is 26.3 Å². The van der Waals surface area contributed by atoms with Crippen LogP contribution in [0.25, 0.3) is 0 Å². The van der Waals surface area contributed by atoms with E-state index in [1.54, 1.807) is 6.07 Å². The molecule has 1 saturated heterocycles. The fraction of sp³-hybridized carbons (Fsp3) is 0.625. The maximum absolute atomic E-state index is 10.1. The van der Waals surface area contributed by atoms with Crippen molar-refractivity contribution >= 4 is 0 Å². The second-order valence-corrected chi connectivity index (χ2v) is 5.41. The summed E-state index contributed by atoms with van der Waals surface area (Å²) in [7, 11) is 0. The summed E-state index contributed by atoms with van der Waals surface area (Å²) in [5.41, 5.74) is 0.947. The lowest BCUT2D eigenvalue weighted by atomic mass is 10.1. The lowest BCUT2D eigenvalue weighted by Crippen LogP contribution is -2.29. The van der Waals surface area contributed by atoms with Gasteiger partial charge in [-0.2, -0.15) is 0 Å². The molecule has 0 saturated carbocycles. The molecule has 0 bridgehead atoms. The average molecular weight is 279 g/mol. The highest BCUT2D eigenvalue weighted by Gasteiger charge is 2.16. The molecule has 4 nitrogen and oxygen atoms in total. The van der Waals surface area contributed by atoms with Crippen LogP contribution in [0, 0.1) is 0 Å². The molecule has 1 heterocycles. The van der Waals surface area contributed by atoms with Crippen molar-refractivity contribution in [2.45, 2.75) is 39.3 Å². The quantitative estimate of drug-likeness (QED) is 0.900. The number of ether oxygens (including phenoxy) is 2. The summed E-state index contributed by atoms with van der Waals surface area (Å²) in [4.78, 5) is 2.33. The highest BCUT2D eigenvalue weighted by molar-refractivity contribution is 5.39. The number of benzene rings is 1. The average Bonchev–Trinajstić information content (AvgIpc) is 2.63. The molecule has 1 aliphatic rings. The van der Waals surface area contributed by atoms with Crippen molar-refractivity contribution in [1.29, 1.82) is 0 Å². The fourth-order valence-corrected chi connectivity index (χ4v) is 2.45. The summed E-state index contributed by atoms with van der Waals surface area (Å²) < 4.78 is 11.2. The maximum Gasteiger partial charge on any atom is 0.123 e. The van der Waals surface area contributed by atoms with Crippen molar-refractivity contribution in [3.63, 3.8) is 0 Å². The van der Waals surface area contributed by atoms with Crippen LogP contribution in [0.1, 0.15) is 32.3 Å². The Morgan fingerprint density at radius 3 is 3.05 bits per heavy atom. The third-order valence-corrected chi connectivity index (χ3v) is 3.46. The first kappa shape index (κ1) is 15.1. The SMILES string of the molecule is CCCOc1ccc(CN2CCCOC(C)C2)c(O)c1. The zero-order valence-electron chi connectivity index (χ0n) is 12.5. The zero-order valence-corrected chi connectivity index (χ0v) is 12.5. The van der Waals surface area contributed by atoms with Crippen molar-refractivity contribution in [3.05, 3.63) is 23.8 Å². The number of aromatic hydroxyl groups is 1. The molecule has 1 unspecified atom stereocenters. The molecule has 0 radical (unpaired) electrons. The molecule has 1 atom stereocenters. The first-order valence-corrected chi connectivity index (χ1v) is 7.47. The molecule has 1 aromatic rings. The van der Waals surface area contributed by atoms with Crippen LogP contribution in [0.3, 0.4) is 0 Å². The van der Waals surface area contributed by atoms with Crippen LogP contribution in [0.2, 0.25) is 0 Å². The van der Waals surface area contributed by atoms with Crippen molar-refractivity contribution in [2.24, 2.45) is 0 Å². The summed E-state index contributed by atoms with van der Waals surface area (Å²) in [6, 6.07) is 5.60. The van der Waals surface area contributed by atoms with Gasteiger partial charge >= 0.3 is 0 Å². The number of rotatable bonds is 5. The minimum atomic E-state index is 0.256. The lowest BCUT2D eigenvalue weighted by molar-refractivity contribution is 0.0667. The molecule has 112 valence electrons. The van der Waals surface area contributed by atoms with Gasteiger partial charge in [-0.3, -0.25) is 4.90 Å². The summed E-state index contributed by atoms with van der Waals surface area (Å²) in [6.45, 7) is 8.35. The number of phenols is 1. The molecule has 4 heteroatoms. The van der Waals surface area contributed by atoms with Gasteiger partial charge in [0.2, 0.25) is 0 Å². The van der Waals surface area contributed by atoms with E-state index in [9.17, 15) is 5.11 Å². The Balaban J connectivity index is 1.98. The van der Waals surface area contributed by atoms with E-state index in [0.29, 0.717) is 12.4 Å². The van der Waals surface area contributed by atoms with E-state index in [2.05, 4.69) is 18.7 Å². The fourth-order valence-electron chi connectivity index (χ4n) is 2.45. The Morgan fingerprint density at radius 1 is 1.45 bits per heavy atom. The monoisotopic (exact) mass is 279 g/mol. The first-order valence-electron chi connectivity index (χ1n) is 7.47. The Bertz CT molecular complexity index is 422. The molecule has 0 amide bonds. The smallest absolute Gasteiger partial charge is 0.123 e. The van der Waals surface area contributed by atoms with E-state index >= 15 is 0 Å². The zero-order chi connectivity index (χ0) is 14.4. The molecule has 20 heavy (non-hydrogen) atoms. The molecule has 1 N–H and O–H groups in total. The second kappa shape index (κ2) is 7.50. The van der Waals surface area contributed by atoms with E-state index in [1.165, 1.54) is 0 Å². The summed E-state index contributed by atoms with van der Waals surface area (Å²) in [6.07, 6.45) is 2.27. The standard InChI is InChI=1S/C16H25NO3/c1-3-8-20-15-6-5-14(16(18)10-15)12-17-7-4-9-19-13(2)11-17/h5-6,10,13,18H,3-4,7-9,11-12H2,1-2H3. The van der Waals surface area contributed by atoms with Gasteiger partial charge in [-0.1, -0.05) is 13.0 Å². The van der Waals surface area contributed by atoms with Gasteiger partial charge in [0, 0.05) is 37.9 Å². The van der Waals surface area contributed by atoms with E-state index in [-0.39, 0.29) is 6.10 Å². The number of hydrogen-bond donors (Lipinski definition) is 1. The van der Waals surface area contributed by atoms with E-state index in [1.807, 2.05) is 12.1 Å². The van der Waals surface area contributed by atoms with E-state index in [0.717, 1.165) is 50.4 Å². The molecule has 1 fully saturated rings. The van der Waals surface area contributed by atoms with Crippen LogP contribution in [-0.2, 0) is 11.3 Å². The van der Waals surface area contributed by atoms with Gasteiger partial charge in [0.25, 0.3) is 0 Å². The number of hydrogen-bond acceptors (Lipinski definition) is 4. The van der Waals surface area contributed by atoms with Crippen LogP contribution in [0.4, 0.5) is 0 Å².